The predicted octanol–water partition coefficient (Wildman–Crippen LogP) is 4.04. The molecule has 1 amide bonds. The maximum Gasteiger partial charge on any atom is 0.412 e. The van der Waals surface area contributed by atoms with Gasteiger partial charge in [-0.15, -0.1) is 0 Å². The Labute approximate surface area is 166 Å². The lowest BCUT2D eigenvalue weighted by atomic mass is 9.98. The van der Waals surface area contributed by atoms with Crippen molar-refractivity contribution in [2.75, 3.05) is 25.1 Å². The van der Waals surface area contributed by atoms with Gasteiger partial charge in [-0.25, -0.2) is 9.78 Å². The SMILES string of the molecule is CCC(CC)CCCOC(=O)Nc1cnc(OCC(O)CNC(C)(C)C)s1. The second-order valence-corrected chi connectivity index (χ2v) is 8.67. The van der Waals surface area contributed by atoms with Crippen molar-refractivity contribution in [3.8, 4) is 5.19 Å². The predicted molar refractivity (Wildman–Crippen MR) is 110 cm³/mol. The number of hydrogen-bond donors (Lipinski definition) is 3. The molecule has 0 spiro atoms. The van der Waals surface area contributed by atoms with Gasteiger partial charge in [-0.2, -0.15) is 0 Å². The van der Waals surface area contributed by atoms with Gasteiger partial charge in [-0.05, 0) is 39.5 Å². The molecule has 0 bridgehead atoms. The maximum absolute atomic E-state index is 11.8. The van der Waals surface area contributed by atoms with Crippen LogP contribution in [0.2, 0.25) is 0 Å². The number of ether oxygens (including phenoxy) is 2. The van der Waals surface area contributed by atoms with Crippen LogP contribution < -0.4 is 15.4 Å². The first-order valence-corrected chi connectivity index (χ1v) is 10.5. The van der Waals surface area contributed by atoms with Crippen LogP contribution in [0.5, 0.6) is 5.19 Å². The number of nitrogens with zero attached hydrogens (tertiary/aromatic N) is 1. The van der Waals surface area contributed by atoms with Gasteiger partial charge in [-0.3, -0.25) is 5.32 Å². The van der Waals surface area contributed by atoms with Crippen molar-refractivity contribution in [3.05, 3.63) is 6.20 Å². The molecule has 0 fully saturated rings. The fourth-order valence-electron chi connectivity index (χ4n) is 2.40. The summed E-state index contributed by atoms with van der Waals surface area (Å²) in [6.45, 7) is 11.5. The Morgan fingerprint density at radius 3 is 2.67 bits per heavy atom. The van der Waals surface area contributed by atoms with E-state index in [9.17, 15) is 9.90 Å². The van der Waals surface area contributed by atoms with Crippen molar-refractivity contribution in [2.24, 2.45) is 5.92 Å². The van der Waals surface area contributed by atoms with Crippen LogP contribution in [0.3, 0.4) is 0 Å². The molecular weight excluding hydrogens is 366 g/mol. The number of amides is 1. The molecule has 3 N–H and O–H groups in total. The van der Waals surface area contributed by atoms with Crippen LogP contribution in [0.1, 0.15) is 60.3 Å². The number of aromatic nitrogens is 1. The van der Waals surface area contributed by atoms with E-state index in [1.807, 2.05) is 20.8 Å². The van der Waals surface area contributed by atoms with E-state index in [2.05, 4.69) is 29.5 Å². The van der Waals surface area contributed by atoms with E-state index in [4.69, 9.17) is 9.47 Å². The van der Waals surface area contributed by atoms with Gasteiger partial charge in [0, 0.05) is 12.1 Å². The van der Waals surface area contributed by atoms with Gasteiger partial charge in [0.25, 0.3) is 5.19 Å². The summed E-state index contributed by atoms with van der Waals surface area (Å²) in [5.74, 6) is 0.701. The number of aliphatic hydroxyl groups is 1. The number of anilines is 1. The monoisotopic (exact) mass is 401 g/mol. The molecule has 0 radical (unpaired) electrons. The molecular formula is C19H35N3O4S. The minimum atomic E-state index is -0.635. The van der Waals surface area contributed by atoms with E-state index in [1.165, 1.54) is 17.5 Å². The quantitative estimate of drug-likeness (QED) is 0.458. The number of nitrogens with one attached hydrogen (secondary N) is 2. The van der Waals surface area contributed by atoms with E-state index in [0.717, 1.165) is 25.7 Å². The van der Waals surface area contributed by atoms with Crippen molar-refractivity contribution in [1.82, 2.24) is 10.3 Å². The van der Waals surface area contributed by atoms with E-state index < -0.39 is 12.2 Å². The summed E-state index contributed by atoms with van der Waals surface area (Å²) in [6.07, 6.45) is 4.67. The Bertz CT molecular complexity index is 541. The molecule has 7 nitrogen and oxygen atoms in total. The smallest absolute Gasteiger partial charge is 0.412 e. The molecule has 0 aromatic carbocycles. The average Bonchev–Trinajstić information content (AvgIpc) is 3.05. The zero-order chi connectivity index (χ0) is 20.3. The summed E-state index contributed by atoms with van der Waals surface area (Å²) >= 11 is 1.20. The lowest BCUT2D eigenvalue weighted by molar-refractivity contribution is 0.0999. The number of rotatable bonds is 12. The maximum atomic E-state index is 11.8. The van der Waals surface area contributed by atoms with Crippen molar-refractivity contribution < 1.29 is 19.4 Å². The molecule has 156 valence electrons. The van der Waals surface area contributed by atoms with Crippen LogP contribution >= 0.6 is 11.3 Å². The van der Waals surface area contributed by atoms with Crippen molar-refractivity contribution in [2.45, 2.75) is 71.9 Å². The average molecular weight is 402 g/mol. The Morgan fingerprint density at radius 2 is 2.04 bits per heavy atom. The lowest BCUT2D eigenvalue weighted by Gasteiger charge is -2.22. The van der Waals surface area contributed by atoms with E-state index >= 15 is 0 Å². The van der Waals surface area contributed by atoms with Crippen molar-refractivity contribution >= 4 is 22.4 Å². The molecule has 0 aliphatic heterocycles. The first-order chi connectivity index (χ1) is 12.7. The number of aliphatic hydroxyl groups excluding tert-OH is 1. The molecule has 0 aliphatic rings. The Morgan fingerprint density at radius 1 is 1.33 bits per heavy atom. The topological polar surface area (TPSA) is 92.7 Å². The molecule has 0 saturated heterocycles. The molecule has 8 heteroatoms. The molecule has 1 rings (SSSR count). The van der Waals surface area contributed by atoms with Crippen molar-refractivity contribution in [1.29, 1.82) is 0 Å². The Hall–Kier alpha value is -1.38. The molecule has 1 aromatic heterocycles. The fourth-order valence-corrected chi connectivity index (χ4v) is 3.06. The molecule has 1 aromatic rings. The number of carbonyl (C=O) groups excluding carboxylic acids is 1. The second kappa shape index (κ2) is 12.2. The van der Waals surface area contributed by atoms with Gasteiger partial charge in [-0.1, -0.05) is 38.0 Å². The molecule has 27 heavy (non-hydrogen) atoms. The van der Waals surface area contributed by atoms with Crippen LogP contribution in [0.4, 0.5) is 9.80 Å². The molecule has 0 saturated carbocycles. The Kier molecular flexibility index (Phi) is 10.6. The molecule has 1 atom stereocenters. The Balaban J connectivity index is 2.24. The first-order valence-electron chi connectivity index (χ1n) is 9.69. The van der Waals surface area contributed by atoms with Crippen LogP contribution in [-0.4, -0.2) is 47.6 Å². The third-order valence-electron chi connectivity index (χ3n) is 4.12. The summed E-state index contributed by atoms with van der Waals surface area (Å²) in [5.41, 5.74) is -0.0619. The highest BCUT2D eigenvalue weighted by Crippen LogP contribution is 2.25. The van der Waals surface area contributed by atoms with Crippen molar-refractivity contribution in [3.63, 3.8) is 0 Å². The third kappa shape index (κ3) is 11.1. The van der Waals surface area contributed by atoms with Gasteiger partial charge >= 0.3 is 6.09 Å². The second-order valence-electron chi connectivity index (χ2n) is 7.67. The molecule has 0 aliphatic carbocycles. The zero-order valence-corrected chi connectivity index (χ0v) is 18.0. The largest absolute Gasteiger partial charge is 0.467 e. The standard InChI is InChI=1S/C19H35N3O4S/c1-6-14(7-2)9-8-10-25-17(24)22-16-12-20-18(27-16)26-13-15(23)11-21-19(3,4)5/h12,14-15,21,23H,6-11,13H2,1-5H3,(H,22,24). The first kappa shape index (κ1) is 23.7. The van der Waals surface area contributed by atoms with Gasteiger partial charge < -0.3 is 19.9 Å². The van der Waals surface area contributed by atoms with Gasteiger partial charge in [0.05, 0.1) is 12.8 Å². The summed E-state index contributed by atoms with van der Waals surface area (Å²) < 4.78 is 10.7. The highest BCUT2D eigenvalue weighted by molar-refractivity contribution is 7.17. The number of β-amino-alcohol motifs (C(OH)–C–C–N with tert-alkyl or cyclic N) is 1. The van der Waals surface area contributed by atoms with E-state index in [0.29, 0.717) is 29.3 Å². The van der Waals surface area contributed by atoms with Crippen LogP contribution in [0.25, 0.3) is 0 Å². The van der Waals surface area contributed by atoms with Gasteiger partial charge in [0.2, 0.25) is 0 Å². The number of thiazole rings is 1. The van der Waals surface area contributed by atoms with Gasteiger partial charge in [0.15, 0.2) is 0 Å². The highest BCUT2D eigenvalue weighted by Gasteiger charge is 2.14. The summed E-state index contributed by atoms with van der Waals surface area (Å²) in [4.78, 5) is 15.9. The number of hydrogen-bond acceptors (Lipinski definition) is 7. The van der Waals surface area contributed by atoms with E-state index in [1.54, 1.807) is 0 Å². The fraction of sp³-hybridized carbons (Fsp3) is 0.789. The number of carbonyl (C=O) groups is 1. The normalized spacial score (nSPS) is 12.9. The summed E-state index contributed by atoms with van der Waals surface area (Å²) in [6, 6.07) is 0. The lowest BCUT2D eigenvalue weighted by Crippen LogP contribution is -2.42. The highest BCUT2D eigenvalue weighted by atomic mass is 32.1. The minimum absolute atomic E-state index is 0.0619. The zero-order valence-electron chi connectivity index (χ0n) is 17.2. The molecule has 1 unspecified atom stereocenters. The summed E-state index contributed by atoms with van der Waals surface area (Å²) in [7, 11) is 0. The minimum Gasteiger partial charge on any atom is -0.467 e. The molecule has 1 heterocycles. The van der Waals surface area contributed by atoms with Crippen LogP contribution in [-0.2, 0) is 4.74 Å². The summed E-state index contributed by atoms with van der Waals surface area (Å²) in [5, 5.41) is 16.7. The van der Waals surface area contributed by atoms with Crippen LogP contribution in [0.15, 0.2) is 6.20 Å². The third-order valence-corrected chi connectivity index (χ3v) is 4.95. The van der Waals surface area contributed by atoms with Crippen LogP contribution in [0, 0.1) is 5.92 Å². The van der Waals surface area contributed by atoms with E-state index in [-0.39, 0.29) is 12.1 Å². The van der Waals surface area contributed by atoms with Gasteiger partial charge in [0.1, 0.15) is 17.7 Å².